The van der Waals surface area contributed by atoms with Gasteiger partial charge in [-0.2, -0.15) is 0 Å². The van der Waals surface area contributed by atoms with E-state index in [4.69, 9.17) is 9.47 Å². The van der Waals surface area contributed by atoms with Crippen molar-refractivity contribution in [2.75, 3.05) is 33.9 Å². The summed E-state index contributed by atoms with van der Waals surface area (Å²) in [6, 6.07) is 5.94. The van der Waals surface area contributed by atoms with Gasteiger partial charge in [0.2, 0.25) is 0 Å². The fraction of sp³-hybridized carbons (Fsp3) is 0.500. The van der Waals surface area contributed by atoms with Gasteiger partial charge in [0.15, 0.2) is 6.61 Å². The lowest BCUT2D eigenvalue weighted by Gasteiger charge is -2.14. The predicted octanol–water partition coefficient (Wildman–Crippen LogP) is 0.856. The molecular weight excluding hydrogens is 244 g/mol. The van der Waals surface area contributed by atoms with Crippen LogP contribution in [0.2, 0.25) is 0 Å². The number of aryl methyl sites for hydroxylation is 1. The second kappa shape index (κ2) is 8.50. The Morgan fingerprint density at radius 3 is 2.84 bits per heavy atom. The van der Waals surface area contributed by atoms with Crippen molar-refractivity contribution in [3.8, 4) is 5.75 Å². The molecule has 106 valence electrons. The number of carbonyl (C=O) groups is 1. The third-order valence-corrected chi connectivity index (χ3v) is 2.72. The average Bonchev–Trinajstić information content (AvgIpc) is 2.42. The summed E-state index contributed by atoms with van der Waals surface area (Å²) >= 11 is 0. The highest BCUT2D eigenvalue weighted by Gasteiger charge is 2.08. The summed E-state index contributed by atoms with van der Waals surface area (Å²) in [5.74, 6) is 0.637. The van der Waals surface area contributed by atoms with E-state index in [-0.39, 0.29) is 12.5 Å². The van der Waals surface area contributed by atoms with E-state index in [0.717, 1.165) is 23.4 Å². The smallest absolute Gasteiger partial charge is 0.257 e. The molecule has 0 aliphatic heterocycles. The summed E-state index contributed by atoms with van der Waals surface area (Å²) < 4.78 is 10.6. The molecule has 0 fully saturated rings. The Kier molecular flexibility index (Phi) is 6.92. The molecule has 0 aromatic heterocycles. The van der Waals surface area contributed by atoms with E-state index < -0.39 is 0 Å². The van der Waals surface area contributed by atoms with Crippen LogP contribution >= 0.6 is 0 Å². The SMILES string of the molecule is CNC(=O)COc1c(C)cccc1CNCCOC. The van der Waals surface area contributed by atoms with Crippen molar-refractivity contribution in [2.45, 2.75) is 13.5 Å². The molecule has 0 saturated carbocycles. The Morgan fingerprint density at radius 2 is 2.16 bits per heavy atom. The standard InChI is InChI=1S/C14H22N2O3/c1-11-5-4-6-12(9-16-7-8-18-3)14(11)19-10-13(17)15-2/h4-6,16H,7-10H2,1-3H3,(H,15,17). The van der Waals surface area contributed by atoms with Gasteiger partial charge in [0.05, 0.1) is 6.61 Å². The van der Waals surface area contributed by atoms with Crippen LogP contribution in [-0.2, 0) is 16.1 Å². The van der Waals surface area contributed by atoms with E-state index in [0.29, 0.717) is 13.2 Å². The molecule has 5 nitrogen and oxygen atoms in total. The number of hydrogen-bond acceptors (Lipinski definition) is 4. The first kappa shape index (κ1) is 15.5. The monoisotopic (exact) mass is 266 g/mol. The number of amides is 1. The van der Waals surface area contributed by atoms with Gasteiger partial charge in [-0.3, -0.25) is 4.79 Å². The summed E-state index contributed by atoms with van der Waals surface area (Å²) in [5.41, 5.74) is 2.06. The Balaban J connectivity index is 2.63. The Labute approximate surface area is 114 Å². The van der Waals surface area contributed by atoms with Crippen LogP contribution in [0.1, 0.15) is 11.1 Å². The lowest BCUT2D eigenvalue weighted by atomic mass is 10.1. The lowest BCUT2D eigenvalue weighted by molar-refractivity contribution is -0.122. The molecule has 0 aliphatic rings. The molecule has 5 heteroatoms. The zero-order valence-corrected chi connectivity index (χ0v) is 11.8. The first-order valence-electron chi connectivity index (χ1n) is 6.30. The van der Waals surface area contributed by atoms with Crippen LogP contribution < -0.4 is 15.4 Å². The van der Waals surface area contributed by atoms with E-state index in [1.165, 1.54) is 0 Å². The summed E-state index contributed by atoms with van der Waals surface area (Å²) in [6.07, 6.45) is 0. The zero-order valence-electron chi connectivity index (χ0n) is 11.8. The van der Waals surface area contributed by atoms with Crippen molar-refractivity contribution in [3.63, 3.8) is 0 Å². The van der Waals surface area contributed by atoms with Gasteiger partial charge >= 0.3 is 0 Å². The molecule has 2 N–H and O–H groups in total. The van der Waals surface area contributed by atoms with E-state index in [1.807, 2.05) is 25.1 Å². The van der Waals surface area contributed by atoms with E-state index in [1.54, 1.807) is 14.2 Å². The highest BCUT2D eigenvalue weighted by atomic mass is 16.5. The largest absolute Gasteiger partial charge is 0.483 e. The number of benzene rings is 1. The summed E-state index contributed by atoms with van der Waals surface area (Å²) in [6.45, 7) is 4.14. The summed E-state index contributed by atoms with van der Waals surface area (Å²) in [4.78, 5) is 11.2. The number of methoxy groups -OCH3 is 1. The molecule has 1 rings (SSSR count). The van der Waals surface area contributed by atoms with Crippen molar-refractivity contribution in [1.82, 2.24) is 10.6 Å². The number of ether oxygens (including phenoxy) is 2. The number of nitrogens with one attached hydrogen (secondary N) is 2. The predicted molar refractivity (Wildman–Crippen MR) is 74.3 cm³/mol. The van der Waals surface area contributed by atoms with Gasteiger partial charge < -0.3 is 20.1 Å². The molecule has 0 bridgehead atoms. The van der Waals surface area contributed by atoms with Gasteiger partial charge in [-0.1, -0.05) is 18.2 Å². The van der Waals surface area contributed by atoms with E-state index in [9.17, 15) is 4.79 Å². The molecule has 0 spiro atoms. The average molecular weight is 266 g/mol. The van der Waals surface area contributed by atoms with Crippen LogP contribution in [0.25, 0.3) is 0 Å². The molecule has 0 heterocycles. The Hall–Kier alpha value is -1.59. The first-order valence-corrected chi connectivity index (χ1v) is 6.30. The fourth-order valence-corrected chi connectivity index (χ4v) is 1.67. The lowest BCUT2D eigenvalue weighted by Crippen LogP contribution is -2.25. The third-order valence-electron chi connectivity index (χ3n) is 2.72. The van der Waals surface area contributed by atoms with Crippen molar-refractivity contribution in [2.24, 2.45) is 0 Å². The molecule has 0 aliphatic carbocycles. The van der Waals surface area contributed by atoms with Crippen LogP contribution in [0.4, 0.5) is 0 Å². The highest BCUT2D eigenvalue weighted by molar-refractivity contribution is 5.77. The van der Waals surface area contributed by atoms with Crippen LogP contribution in [0, 0.1) is 6.92 Å². The van der Waals surface area contributed by atoms with Gasteiger partial charge in [0.25, 0.3) is 5.91 Å². The van der Waals surface area contributed by atoms with Gasteiger partial charge in [0, 0.05) is 32.8 Å². The number of likely N-dealkylation sites (N-methyl/N-ethyl adjacent to an activating group) is 1. The second-order valence-corrected chi connectivity index (χ2v) is 4.19. The number of para-hydroxylation sites is 1. The number of rotatable bonds is 8. The van der Waals surface area contributed by atoms with E-state index >= 15 is 0 Å². The molecule has 0 saturated heterocycles. The van der Waals surface area contributed by atoms with E-state index in [2.05, 4.69) is 10.6 Å². The van der Waals surface area contributed by atoms with Crippen molar-refractivity contribution in [3.05, 3.63) is 29.3 Å². The second-order valence-electron chi connectivity index (χ2n) is 4.19. The molecule has 19 heavy (non-hydrogen) atoms. The van der Waals surface area contributed by atoms with Crippen molar-refractivity contribution >= 4 is 5.91 Å². The Bertz CT molecular complexity index is 408. The molecule has 0 unspecified atom stereocenters. The maximum absolute atomic E-state index is 11.2. The molecule has 1 aromatic rings. The quantitative estimate of drug-likeness (QED) is 0.685. The van der Waals surface area contributed by atoms with Crippen molar-refractivity contribution < 1.29 is 14.3 Å². The summed E-state index contributed by atoms with van der Waals surface area (Å²) in [5, 5.41) is 5.80. The zero-order chi connectivity index (χ0) is 14.1. The van der Waals surface area contributed by atoms with Crippen LogP contribution in [0.3, 0.4) is 0 Å². The van der Waals surface area contributed by atoms with Gasteiger partial charge in [-0.15, -0.1) is 0 Å². The first-order chi connectivity index (χ1) is 9.19. The molecule has 1 aromatic carbocycles. The van der Waals surface area contributed by atoms with Crippen molar-refractivity contribution in [1.29, 1.82) is 0 Å². The maximum Gasteiger partial charge on any atom is 0.257 e. The van der Waals surface area contributed by atoms with Gasteiger partial charge in [-0.05, 0) is 12.5 Å². The minimum Gasteiger partial charge on any atom is -0.483 e. The fourth-order valence-electron chi connectivity index (χ4n) is 1.67. The Morgan fingerprint density at radius 1 is 1.37 bits per heavy atom. The van der Waals surface area contributed by atoms with Crippen LogP contribution in [0.15, 0.2) is 18.2 Å². The number of hydrogen-bond donors (Lipinski definition) is 2. The summed E-state index contributed by atoms with van der Waals surface area (Å²) in [7, 11) is 3.27. The minimum atomic E-state index is -0.137. The van der Waals surface area contributed by atoms with Gasteiger partial charge in [-0.25, -0.2) is 0 Å². The van der Waals surface area contributed by atoms with Crippen LogP contribution in [0.5, 0.6) is 5.75 Å². The van der Waals surface area contributed by atoms with Crippen LogP contribution in [-0.4, -0.2) is 39.8 Å². The van der Waals surface area contributed by atoms with Gasteiger partial charge in [0.1, 0.15) is 5.75 Å². The number of carbonyl (C=O) groups excluding carboxylic acids is 1. The molecule has 0 radical (unpaired) electrons. The maximum atomic E-state index is 11.2. The minimum absolute atomic E-state index is 0.0342. The highest BCUT2D eigenvalue weighted by Crippen LogP contribution is 2.23. The molecule has 1 amide bonds. The molecule has 0 atom stereocenters. The molecular formula is C14H22N2O3. The topological polar surface area (TPSA) is 59.6 Å². The third kappa shape index (κ3) is 5.28. The normalized spacial score (nSPS) is 10.3.